The lowest BCUT2D eigenvalue weighted by Gasteiger charge is -2.12. The molecule has 2 N–H and O–H groups in total. The first-order valence-corrected chi connectivity index (χ1v) is 5.55. The molecule has 0 aliphatic heterocycles. The first kappa shape index (κ1) is 14.4. The van der Waals surface area contributed by atoms with Crippen molar-refractivity contribution in [3.8, 4) is 11.5 Å². The maximum atomic E-state index is 12.1. The fourth-order valence-electron chi connectivity index (χ4n) is 1.29. The number of nitrogens with one attached hydrogen (secondary N) is 2. The molecule has 1 aromatic rings. The van der Waals surface area contributed by atoms with Crippen molar-refractivity contribution in [3.63, 3.8) is 0 Å². The molecule has 0 heterocycles. The lowest BCUT2D eigenvalue weighted by atomic mass is 10.2. The number of hydrogen-bond donors (Lipinski definition) is 2. The van der Waals surface area contributed by atoms with E-state index in [2.05, 4.69) is 15.4 Å². The van der Waals surface area contributed by atoms with Gasteiger partial charge in [0.25, 0.3) is 0 Å². The summed E-state index contributed by atoms with van der Waals surface area (Å²) in [4.78, 5) is 0. The molecular weight excluding hydrogens is 262 g/mol. The van der Waals surface area contributed by atoms with Crippen molar-refractivity contribution in [2.24, 2.45) is 0 Å². The topological polar surface area (TPSA) is 42.5 Å². The standard InChI is InChI=1S/C11H14F2N2O2S/c1-14-11(18)15-6-7-3-4-8(17-10(12)13)9(5-7)16-2/h3-5,10H,6H2,1-2H3,(H2,14,15,18). The van der Waals surface area contributed by atoms with Gasteiger partial charge in [0.1, 0.15) is 0 Å². The molecule has 4 nitrogen and oxygen atoms in total. The fourth-order valence-corrected chi connectivity index (χ4v) is 1.36. The average Bonchev–Trinajstić information content (AvgIpc) is 2.36. The van der Waals surface area contributed by atoms with Gasteiger partial charge in [-0.25, -0.2) is 0 Å². The molecule has 0 saturated heterocycles. The van der Waals surface area contributed by atoms with Crippen LogP contribution in [0.25, 0.3) is 0 Å². The quantitative estimate of drug-likeness (QED) is 0.804. The highest BCUT2D eigenvalue weighted by Gasteiger charge is 2.10. The summed E-state index contributed by atoms with van der Waals surface area (Å²) in [7, 11) is 3.10. The Balaban J connectivity index is 2.75. The molecule has 0 aromatic heterocycles. The minimum Gasteiger partial charge on any atom is -0.493 e. The van der Waals surface area contributed by atoms with Crippen LogP contribution in [0.15, 0.2) is 18.2 Å². The lowest BCUT2D eigenvalue weighted by Crippen LogP contribution is -2.31. The van der Waals surface area contributed by atoms with E-state index in [-0.39, 0.29) is 11.5 Å². The predicted molar refractivity (Wildman–Crippen MR) is 68.1 cm³/mol. The Labute approximate surface area is 109 Å². The van der Waals surface area contributed by atoms with Gasteiger partial charge in [-0.15, -0.1) is 0 Å². The van der Waals surface area contributed by atoms with Crippen LogP contribution < -0.4 is 20.1 Å². The first-order valence-electron chi connectivity index (χ1n) is 5.14. The summed E-state index contributed by atoms with van der Waals surface area (Å²) in [6, 6.07) is 4.71. The molecule has 0 saturated carbocycles. The van der Waals surface area contributed by atoms with E-state index in [1.165, 1.54) is 13.2 Å². The van der Waals surface area contributed by atoms with Crippen LogP contribution in [0.4, 0.5) is 8.78 Å². The molecule has 0 unspecified atom stereocenters. The number of benzene rings is 1. The third kappa shape index (κ3) is 4.33. The highest BCUT2D eigenvalue weighted by atomic mass is 32.1. The normalized spacial score (nSPS) is 10.1. The summed E-state index contributed by atoms with van der Waals surface area (Å²) in [5.74, 6) is 0.261. The largest absolute Gasteiger partial charge is 0.493 e. The number of hydrogen-bond acceptors (Lipinski definition) is 3. The van der Waals surface area contributed by atoms with Crippen LogP contribution in [0.1, 0.15) is 5.56 Å². The lowest BCUT2D eigenvalue weighted by molar-refractivity contribution is -0.0512. The second-order valence-electron chi connectivity index (χ2n) is 3.30. The number of ether oxygens (including phenoxy) is 2. The number of thiocarbonyl (C=S) groups is 1. The number of methoxy groups -OCH3 is 1. The Morgan fingerprint density at radius 1 is 1.39 bits per heavy atom. The fraction of sp³-hybridized carbons (Fsp3) is 0.364. The van der Waals surface area contributed by atoms with Crippen LogP contribution in [0.5, 0.6) is 11.5 Å². The van der Waals surface area contributed by atoms with Crippen molar-refractivity contribution in [3.05, 3.63) is 23.8 Å². The molecule has 0 atom stereocenters. The molecule has 0 spiro atoms. The number of halogens is 2. The molecule has 1 aromatic carbocycles. The molecule has 0 radical (unpaired) electrons. The molecule has 1 rings (SSSR count). The van der Waals surface area contributed by atoms with Gasteiger partial charge in [0.2, 0.25) is 0 Å². The second-order valence-corrected chi connectivity index (χ2v) is 3.70. The molecule has 7 heteroatoms. The maximum absolute atomic E-state index is 12.1. The van der Waals surface area contributed by atoms with Crippen molar-refractivity contribution in [2.75, 3.05) is 14.2 Å². The Morgan fingerprint density at radius 2 is 2.11 bits per heavy atom. The highest BCUT2D eigenvalue weighted by Crippen LogP contribution is 2.29. The highest BCUT2D eigenvalue weighted by molar-refractivity contribution is 7.80. The zero-order chi connectivity index (χ0) is 13.5. The van der Waals surface area contributed by atoms with Crippen LogP contribution >= 0.6 is 12.2 Å². The van der Waals surface area contributed by atoms with E-state index >= 15 is 0 Å². The molecule has 0 bridgehead atoms. The van der Waals surface area contributed by atoms with E-state index in [0.717, 1.165) is 5.56 Å². The van der Waals surface area contributed by atoms with Crippen LogP contribution in [0, 0.1) is 0 Å². The Bertz CT molecular complexity index is 416. The number of alkyl halides is 2. The van der Waals surface area contributed by atoms with Crippen LogP contribution in [-0.2, 0) is 6.54 Å². The van der Waals surface area contributed by atoms with Crippen molar-refractivity contribution in [2.45, 2.75) is 13.2 Å². The molecule has 0 fully saturated rings. The van der Waals surface area contributed by atoms with Gasteiger partial charge < -0.3 is 20.1 Å². The average molecular weight is 276 g/mol. The van der Waals surface area contributed by atoms with Gasteiger partial charge in [-0.2, -0.15) is 8.78 Å². The van der Waals surface area contributed by atoms with Gasteiger partial charge in [0, 0.05) is 13.6 Å². The molecule has 0 amide bonds. The third-order valence-corrected chi connectivity index (χ3v) is 2.47. The molecule has 18 heavy (non-hydrogen) atoms. The van der Waals surface area contributed by atoms with E-state index in [1.54, 1.807) is 19.2 Å². The van der Waals surface area contributed by atoms with Gasteiger partial charge in [-0.05, 0) is 29.9 Å². The minimum atomic E-state index is -2.88. The third-order valence-electron chi connectivity index (χ3n) is 2.12. The second kappa shape index (κ2) is 6.95. The van der Waals surface area contributed by atoms with Crippen molar-refractivity contribution < 1.29 is 18.3 Å². The molecule has 100 valence electrons. The van der Waals surface area contributed by atoms with E-state index < -0.39 is 6.61 Å². The van der Waals surface area contributed by atoms with Gasteiger partial charge in [-0.3, -0.25) is 0 Å². The van der Waals surface area contributed by atoms with Crippen molar-refractivity contribution in [1.82, 2.24) is 10.6 Å². The Hall–Kier alpha value is -1.63. The summed E-state index contributed by atoms with van der Waals surface area (Å²) >= 11 is 4.92. The minimum absolute atomic E-state index is 0.00689. The van der Waals surface area contributed by atoms with Crippen molar-refractivity contribution in [1.29, 1.82) is 0 Å². The van der Waals surface area contributed by atoms with Gasteiger partial charge in [0.05, 0.1) is 7.11 Å². The van der Waals surface area contributed by atoms with E-state index in [1.807, 2.05) is 0 Å². The summed E-state index contributed by atoms with van der Waals surface area (Å²) in [5, 5.41) is 6.20. The van der Waals surface area contributed by atoms with Crippen LogP contribution in [-0.4, -0.2) is 25.9 Å². The first-order chi connectivity index (χ1) is 8.56. The maximum Gasteiger partial charge on any atom is 0.387 e. The van der Waals surface area contributed by atoms with Crippen LogP contribution in [0.3, 0.4) is 0 Å². The zero-order valence-corrected chi connectivity index (χ0v) is 10.8. The monoisotopic (exact) mass is 276 g/mol. The summed E-state index contributed by atoms with van der Waals surface area (Å²) in [6.45, 7) is -2.41. The summed E-state index contributed by atoms with van der Waals surface area (Å²) in [5.41, 5.74) is 0.839. The summed E-state index contributed by atoms with van der Waals surface area (Å²) < 4.78 is 33.5. The van der Waals surface area contributed by atoms with E-state index in [9.17, 15) is 8.78 Å². The van der Waals surface area contributed by atoms with E-state index in [0.29, 0.717) is 11.7 Å². The van der Waals surface area contributed by atoms with Gasteiger partial charge in [0.15, 0.2) is 16.6 Å². The predicted octanol–water partition coefficient (Wildman–Crippen LogP) is 1.89. The van der Waals surface area contributed by atoms with Gasteiger partial charge in [-0.1, -0.05) is 6.07 Å². The summed E-state index contributed by atoms with van der Waals surface area (Å²) in [6.07, 6.45) is 0. The Morgan fingerprint density at radius 3 is 2.67 bits per heavy atom. The zero-order valence-electron chi connectivity index (χ0n) is 10.00. The Kier molecular flexibility index (Phi) is 5.57. The van der Waals surface area contributed by atoms with Crippen molar-refractivity contribution >= 4 is 17.3 Å². The molecular formula is C11H14F2N2O2S. The smallest absolute Gasteiger partial charge is 0.387 e. The van der Waals surface area contributed by atoms with Gasteiger partial charge >= 0.3 is 6.61 Å². The number of rotatable bonds is 5. The molecule has 0 aliphatic rings. The molecule has 0 aliphatic carbocycles. The van der Waals surface area contributed by atoms with E-state index in [4.69, 9.17) is 17.0 Å². The van der Waals surface area contributed by atoms with Crippen LogP contribution in [0.2, 0.25) is 0 Å². The SMILES string of the molecule is CNC(=S)NCc1ccc(OC(F)F)c(OC)c1.